The van der Waals surface area contributed by atoms with Crippen molar-refractivity contribution in [2.75, 3.05) is 6.79 Å². The number of carbonyl (C=O) groups is 1. The fourth-order valence-corrected chi connectivity index (χ4v) is 2.26. The average Bonchev–Trinajstić information content (AvgIpc) is 2.79. The van der Waals surface area contributed by atoms with Gasteiger partial charge in [-0.2, -0.15) is 0 Å². The predicted molar refractivity (Wildman–Crippen MR) is 64.0 cm³/mol. The van der Waals surface area contributed by atoms with E-state index < -0.39 is 0 Å². The second-order valence-corrected chi connectivity index (χ2v) is 4.41. The molecular weight excluding hydrogens is 216 g/mol. The van der Waals surface area contributed by atoms with Crippen LogP contribution in [0.5, 0.6) is 11.5 Å². The molecule has 0 radical (unpaired) electrons. The fourth-order valence-electron chi connectivity index (χ4n) is 2.26. The number of ketones is 1. The van der Waals surface area contributed by atoms with Crippen molar-refractivity contribution in [3.63, 3.8) is 0 Å². The summed E-state index contributed by atoms with van der Waals surface area (Å²) >= 11 is 0. The lowest BCUT2D eigenvalue weighted by Gasteiger charge is -2.12. The van der Waals surface area contributed by atoms with E-state index in [0.717, 1.165) is 41.9 Å². The molecule has 0 amide bonds. The third-order valence-electron chi connectivity index (χ3n) is 3.20. The minimum atomic E-state index is 0.286. The molecule has 0 spiro atoms. The van der Waals surface area contributed by atoms with Crippen LogP contribution in [0.2, 0.25) is 0 Å². The van der Waals surface area contributed by atoms with Crippen LogP contribution in [0.25, 0.3) is 6.08 Å². The minimum absolute atomic E-state index is 0.286. The van der Waals surface area contributed by atoms with Crippen molar-refractivity contribution >= 4 is 11.9 Å². The lowest BCUT2D eigenvalue weighted by Crippen LogP contribution is -2.07. The van der Waals surface area contributed by atoms with Crippen molar-refractivity contribution in [1.29, 1.82) is 0 Å². The van der Waals surface area contributed by atoms with Crippen LogP contribution in [-0.4, -0.2) is 12.6 Å². The van der Waals surface area contributed by atoms with Crippen LogP contribution in [0.3, 0.4) is 0 Å². The van der Waals surface area contributed by atoms with Crippen molar-refractivity contribution in [3.8, 4) is 11.5 Å². The molecule has 88 valence electrons. The van der Waals surface area contributed by atoms with Gasteiger partial charge in [0.05, 0.1) is 0 Å². The van der Waals surface area contributed by atoms with Gasteiger partial charge in [0.25, 0.3) is 0 Å². The first kappa shape index (κ1) is 10.4. The highest BCUT2D eigenvalue weighted by atomic mass is 16.7. The molecule has 0 atom stereocenters. The Morgan fingerprint density at radius 3 is 2.76 bits per heavy atom. The Morgan fingerprint density at radius 1 is 1.06 bits per heavy atom. The highest BCUT2D eigenvalue weighted by Gasteiger charge is 2.16. The first-order valence-corrected chi connectivity index (χ1v) is 5.96. The molecular formula is C14H14O3. The number of benzene rings is 1. The van der Waals surface area contributed by atoms with E-state index >= 15 is 0 Å². The molecule has 0 saturated heterocycles. The Balaban J connectivity index is 1.89. The minimum Gasteiger partial charge on any atom is -0.454 e. The van der Waals surface area contributed by atoms with Gasteiger partial charge in [0.15, 0.2) is 17.3 Å². The molecule has 0 N–H and O–H groups in total. The number of carbonyl (C=O) groups excluding carboxylic acids is 1. The van der Waals surface area contributed by atoms with Crippen LogP contribution in [-0.2, 0) is 4.79 Å². The molecule has 1 saturated carbocycles. The van der Waals surface area contributed by atoms with Crippen LogP contribution >= 0.6 is 0 Å². The van der Waals surface area contributed by atoms with Gasteiger partial charge < -0.3 is 9.47 Å². The summed E-state index contributed by atoms with van der Waals surface area (Å²) in [5, 5.41) is 0. The molecule has 1 aliphatic heterocycles. The third-order valence-corrected chi connectivity index (χ3v) is 3.20. The highest BCUT2D eigenvalue weighted by Crippen LogP contribution is 2.33. The van der Waals surface area contributed by atoms with Crippen molar-refractivity contribution in [3.05, 3.63) is 29.3 Å². The highest BCUT2D eigenvalue weighted by molar-refractivity contribution is 6.00. The molecule has 1 aliphatic carbocycles. The SMILES string of the molecule is O=C1CCCCC1=Cc1ccc2c(c1)OCO2. The molecule has 3 rings (SSSR count). The van der Waals surface area contributed by atoms with Gasteiger partial charge in [0.1, 0.15) is 0 Å². The summed E-state index contributed by atoms with van der Waals surface area (Å²) in [5.74, 6) is 1.83. The van der Waals surface area contributed by atoms with E-state index in [1.807, 2.05) is 24.3 Å². The van der Waals surface area contributed by atoms with Gasteiger partial charge >= 0.3 is 0 Å². The van der Waals surface area contributed by atoms with E-state index in [-0.39, 0.29) is 12.6 Å². The number of hydrogen-bond acceptors (Lipinski definition) is 3. The normalized spacial score (nSPS) is 20.9. The second-order valence-electron chi connectivity index (χ2n) is 4.41. The molecule has 1 aromatic carbocycles. The van der Waals surface area contributed by atoms with Gasteiger partial charge in [-0.15, -0.1) is 0 Å². The van der Waals surface area contributed by atoms with E-state index in [9.17, 15) is 4.79 Å². The molecule has 0 aromatic heterocycles. The Bertz CT molecular complexity index is 488. The first-order valence-electron chi connectivity index (χ1n) is 5.96. The number of Topliss-reactive ketones (excluding diaryl/α,β-unsaturated/α-hetero) is 1. The van der Waals surface area contributed by atoms with E-state index in [0.29, 0.717) is 6.42 Å². The molecule has 0 bridgehead atoms. The monoisotopic (exact) mass is 230 g/mol. The number of allylic oxidation sites excluding steroid dienone is 1. The molecule has 2 aliphatic rings. The quantitative estimate of drug-likeness (QED) is 0.696. The maximum Gasteiger partial charge on any atom is 0.231 e. The molecule has 1 heterocycles. The average molecular weight is 230 g/mol. The van der Waals surface area contributed by atoms with E-state index in [1.54, 1.807) is 0 Å². The summed E-state index contributed by atoms with van der Waals surface area (Å²) < 4.78 is 10.6. The van der Waals surface area contributed by atoms with Gasteiger partial charge in [0, 0.05) is 6.42 Å². The summed E-state index contributed by atoms with van der Waals surface area (Å²) in [7, 11) is 0. The molecule has 0 unspecified atom stereocenters. The Hall–Kier alpha value is -1.77. The van der Waals surface area contributed by atoms with Gasteiger partial charge in [-0.25, -0.2) is 0 Å². The third kappa shape index (κ3) is 2.05. The summed E-state index contributed by atoms with van der Waals surface area (Å²) in [6.45, 7) is 0.286. The molecule has 1 fully saturated rings. The topological polar surface area (TPSA) is 35.5 Å². The lowest BCUT2D eigenvalue weighted by atomic mass is 9.92. The van der Waals surface area contributed by atoms with Crippen LogP contribution < -0.4 is 9.47 Å². The summed E-state index contributed by atoms with van der Waals surface area (Å²) in [6.07, 6.45) is 5.70. The summed E-state index contributed by atoms with van der Waals surface area (Å²) in [6, 6.07) is 5.78. The molecule has 3 nitrogen and oxygen atoms in total. The van der Waals surface area contributed by atoms with Crippen molar-refractivity contribution in [1.82, 2.24) is 0 Å². The van der Waals surface area contributed by atoms with Crippen LogP contribution in [0, 0.1) is 0 Å². The number of rotatable bonds is 1. The van der Waals surface area contributed by atoms with Gasteiger partial charge in [-0.3, -0.25) is 4.79 Å². The van der Waals surface area contributed by atoms with Crippen molar-refractivity contribution in [2.45, 2.75) is 25.7 Å². The Kier molecular flexibility index (Phi) is 2.59. The zero-order valence-corrected chi connectivity index (χ0v) is 9.57. The van der Waals surface area contributed by atoms with Gasteiger partial charge in [-0.05, 0) is 48.6 Å². The largest absolute Gasteiger partial charge is 0.454 e. The smallest absolute Gasteiger partial charge is 0.231 e. The van der Waals surface area contributed by atoms with E-state index in [1.165, 1.54) is 0 Å². The standard InChI is InChI=1S/C14H14O3/c15-12-4-2-1-3-11(12)7-10-5-6-13-14(8-10)17-9-16-13/h5-8H,1-4,9H2. The maximum absolute atomic E-state index is 11.7. The number of ether oxygens (including phenoxy) is 2. The maximum atomic E-state index is 11.7. The fraction of sp³-hybridized carbons (Fsp3) is 0.357. The van der Waals surface area contributed by atoms with Crippen LogP contribution in [0.4, 0.5) is 0 Å². The lowest BCUT2D eigenvalue weighted by molar-refractivity contribution is -0.116. The molecule has 17 heavy (non-hydrogen) atoms. The first-order chi connectivity index (χ1) is 8.33. The van der Waals surface area contributed by atoms with Crippen LogP contribution in [0.15, 0.2) is 23.8 Å². The van der Waals surface area contributed by atoms with Gasteiger partial charge in [0.2, 0.25) is 6.79 Å². The van der Waals surface area contributed by atoms with E-state index in [2.05, 4.69) is 0 Å². The molecule has 1 aromatic rings. The van der Waals surface area contributed by atoms with Crippen molar-refractivity contribution in [2.24, 2.45) is 0 Å². The number of hydrogen-bond donors (Lipinski definition) is 0. The van der Waals surface area contributed by atoms with Gasteiger partial charge in [-0.1, -0.05) is 6.07 Å². The predicted octanol–water partition coefficient (Wildman–Crippen LogP) is 2.94. The summed E-state index contributed by atoms with van der Waals surface area (Å²) in [4.78, 5) is 11.7. The van der Waals surface area contributed by atoms with E-state index in [4.69, 9.17) is 9.47 Å². The molecule has 3 heteroatoms. The Morgan fingerprint density at radius 2 is 1.88 bits per heavy atom. The second kappa shape index (κ2) is 4.24. The zero-order valence-electron chi connectivity index (χ0n) is 9.57. The van der Waals surface area contributed by atoms with Crippen molar-refractivity contribution < 1.29 is 14.3 Å². The zero-order chi connectivity index (χ0) is 11.7. The summed E-state index contributed by atoms with van der Waals surface area (Å²) in [5.41, 5.74) is 1.95. The van der Waals surface area contributed by atoms with Crippen LogP contribution in [0.1, 0.15) is 31.2 Å². The Labute approximate surface area is 100 Å². The number of fused-ring (bicyclic) bond motifs is 1.